The molecule has 1 rings (SSSR count). The van der Waals surface area contributed by atoms with E-state index in [0.717, 1.165) is 0 Å². The third kappa shape index (κ3) is 5.43. The summed E-state index contributed by atoms with van der Waals surface area (Å²) in [6.07, 6.45) is -1.48. The number of urea groups is 1. The van der Waals surface area contributed by atoms with Gasteiger partial charge in [-0.05, 0) is 26.3 Å². The van der Waals surface area contributed by atoms with Crippen LogP contribution in [0.4, 0.5) is 4.79 Å². The van der Waals surface area contributed by atoms with Crippen molar-refractivity contribution < 1.29 is 19.4 Å². The van der Waals surface area contributed by atoms with Crippen LogP contribution < -0.4 is 10.6 Å². The minimum atomic E-state index is -1.48. The molecule has 0 fully saturated rings. The summed E-state index contributed by atoms with van der Waals surface area (Å²) in [4.78, 5) is 23.5. The molecule has 2 atom stereocenters. The Bertz CT molecular complexity index is 482. The molecule has 0 spiro atoms. The van der Waals surface area contributed by atoms with Gasteiger partial charge in [0.1, 0.15) is 0 Å². The Hall–Kier alpha value is -2.08. The zero-order chi connectivity index (χ0) is 16.0. The van der Waals surface area contributed by atoms with Crippen molar-refractivity contribution in [3.63, 3.8) is 0 Å². The van der Waals surface area contributed by atoms with E-state index in [1.165, 1.54) is 7.11 Å². The second-order valence-electron chi connectivity index (χ2n) is 5.70. The van der Waals surface area contributed by atoms with Gasteiger partial charge in [0.15, 0.2) is 6.10 Å². The smallest absolute Gasteiger partial charge is 0.337 e. The number of methoxy groups -OCH3 is 1. The largest absolute Gasteiger partial charge is 0.467 e. The molecule has 2 unspecified atom stereocenters. The zero-order valence-corrected chi connectivity index (χ0v) is 12.7. The van der Waals surface area contributed by atoms with Crippen molar-refractivity contribution in [1.82, 2.24) is 10.6 Å². The fourth-order valence-corrected chi connectivity index (χ4v) is 1.78. The van der Waals surface area contributed by atoms with Crippen molar-refractivity contribution in [2.45, 2.75) is 38.5 Å². The Labute approximate surface area is 124 Å². The Morgan fingerprint density at radius 3 is 2.24 bits per heavy atom. The van der Waals surface area contributed by atoms with Gasteiger partial charge in [0, 0.05) is 5.54 Å². The number of rotatable bonds is 4. The quantitative estimate of drug-likeness (QED) is 0.732. The molecule has 0 saturated carbocycles. The molecule has 0 saturated heterocycles. The van der Waals surface area contributed by atoms with Crippen molar-refractivity contribution in [3.8, 4) is 0 Å². The highest BCUT2D eigenvalue weighted by Gasteiger charge is 2.30. The van der Waals surface area contributed by atoms with Crippen molar-refractivity contribution in [3.05, 3.63) is 35.9 Å². The number of hydrogen-bond acceptors (Lipinski definition) is 4. The van der Waals surface area contributed by atoms with Crippen LogP contribution in [0, 0.1) is 0 Å². The number of hydrogen-bond donors (Lipinski definition) is 3. The number of benzene rings is 1. The van der Waals surface area contributed by atoms with Crippen molar-refractivity contribution in [2.24, 2.45) is 0 Å². The summed E-state index contributed by atoms with van der Waals surface area (Å²) in [5.41, 5.74) is 0.182. The normalized spacial score (nSPS) is 14.0. The first-order valence-corrected chi connectivity index (χ1v) is 6.64. The van der Waals surface area contributed by atoms with E-state index in [1.807, 2.05) is 20.8 Å². The summed E-state index contributed by atoms with van der Waals surface area (Å²) in [6.45, 7) is 5.50. The molecule has 1 aromatic rings. The molecule has 0 aliphatic heterocycles. The molecule has 116 valence electrons. The monoisotopic (exact) mass is 294 g/mol. The molecule has 0 aliphatic rings. The number of aliphatic hydroxyl groups is 1. The number of ether oxygens (including phenoxy) is 1. The van der Waals surface area contributed by atoms with Crippen LogP contribution in [-0.2, 0) is 9.53 Å². The lowest BCUT2D eigenvalue weighted by Crippen LogP contribution is -2.50. The van der Waals surface area contributed by atoms with Gasteiger partial charge in [-0.3, -0.25) is 0 Å². The van der Waals surface area contributed by atoms with Gasteiger partial charge in [-0.15, -0.1) is 0 Å². The van der Waals surface area contributed by atoms with Crippen LogP contribution in [0.1, 0.15) is 32.4 Å². The third-order valence-corrected chi connectivity index (χ3v) is 2.69. The molecule has 0 radical (unpaired) electrons. The molecule has 0 heterocycles. The van der Waals surface area contributed by atoms with Gasteiger partial charge in [-0.25, -0.2) is 9.59 Å². The summed E-state index contributed by atoms with van der Waals surface area (Å²) in [5.74, 6) is -0.806. The van der Waals surface area contributed by atoms with E-state index in [-0.39, 0.29) is 0 Å². The van der Waals surface area contributed by atoms with Crippen LogP contribution in [0.15, 0.2) is 30.3 Å². The molecular formula is C15H22N2O4. The molecule has 6 heteroatoms. The number of nitrogens with one attached hydrogen (secondary N) is 2. The Balaban J connectivity index is 2.93. The van der Waals surface area contributed by atoms with Crippen LogP contribution in [0.25, 0.3) is 0 Å². The van der Waals surface area contributed by atoms with Gasteiger partial charge in [-0.2, -0.15) is 0 Å². The number of esters is 1. The number of carbonyl (C=O) groups excluding carboxylic acids is 2. The highest BCUT2D eigenvalue weighted by atomic mass is 16.5. The average molecular weight is 294 g/mol. The summed E-state index contributed by atoms with van der Waals surface area (Å²) >= 11 is 0. The predicted molar refractivity (Wildman–Crippen MR) is 78.6 cm³/mol. The molecule has 0 aromatic heterocycles. The molecule has 3 N–H and O–H groups in total. The second kappa shape index (κ2) is 7.08. The van der Waals surface area contributed by atoms with Gasteiger partial charge in [0.05, 0.1) is 13.2 Å². The van der Waals surface area contributed by atoms with E-state index in [2.05, 4.69) is 15.4 Å². The van der Waals surface area contributed by atoms with E-state index in [0.29, 0.717) is 5.56 Å². The topological polar surface area (TPSA) is 87.7 Å². The fraction of sp³-hybridized carbons (Fsp3) is 0.467. The van der Waals surface area contributed by atoms with E-state index >= 15 is 0 Å². The van der Waals surface area contributed by atoms with Crippen LogP contribution in [0.3, 0.4) is 0 Å². The van der Waals surface area contributed by atoms with E-state index in [4.69, 9.17) is 0 Å². The van der Waals surface area contributed by atoms with Gasteiger partial charge in [0.25, 0.3) is 0 Å². The van der Waals surface area contributed by atoms with E-state index in [9.17, 15) is 14.7 Å². The summed E-state index contributed by atoms with van der Waals surface area (Å²) in [5, 5.41) is 15.4. The maximum absolute atomic E-state index is 12.0. The molecule has 6 nitrogen and oxygen atoms in total. The van der Waals surface area contributed by atoms with Crippen LogP contribution in [-0.4, -0.2) is 35.9 Å². The minimum absolute atomic E-state index is 0.429. The zero-order valence-electron chi connectivity index (χ0n) is 12.7. The SMILES string of the molecule is COC(=O)C(O)C(NC(=O)NC(C)(C)C)c1ccccc1. The lowest BCUT2D eigenvalue weighted by Gasteiger charge is -2.26. The van der Waals surface area contributed by atoms with Gasteiger partial charge >= 0.3 is 12.0 Å². The maximum Gasteiger partial charge on any atom is 0.337 e. The fourth-order valence-electron chi connectivity index (χ4n) is 1.78. The summed E-state index contributed by atoms with van der Waals surface area (Å²) in [7, 11) is 1.18. The van der Waals surface area contributed by atoms with Crippen molar-refractivity contribution in [2.75, 3.05) is 7.11 Å². The molecule has 0 bridgehead atoms. The highest BCUT2D eigenvalue weighted by molar-refractivity contribution is 5.79. The average Bonchev–Trinajstić information content (AvgIpc) is 2.42. The molecule has 0 aliphatic carbocycles. The Morgan fingerprint density at radius 2 is 1.76 bits per heavy atom. The maximum atomic E-state index is 12.0. The number of amides is 2. The van der Waals surface area contributed by atoms with E-state index in [1.54, 1.807) is 30.3 Å². The lowest BCUT2D eigenvalue weighted by atomic mass is 10.0. The molecule has 1 aromatic carbocycles. The lowest BCUT2D eigenvalue weighted by molar-refractivity contribution is -0.151. The van der Waals surface area contributed by atoms with E-state index < -0.39 is 29.7 Å². The van der Waals surface area contributed by atoms with Gasteiger partial charge < -0.3 is 20.5 Å². The number of carbonyl (C=O) groups is 2. The Kier molecular flexibility index (Phi) is 5.72. The van der Waals surface area contributed by atoms with Crippen molar-refractivity contribution >= 4 is 12.0 Å². The standard InChI is InChI=1S/C15H22N2O4/c1-15(2,3)17-14(20)16-11(12(18)13(19)21-4)10-8-6-5-7-9-10/h5-9,11-12,18H,1-4H3,(H2,16,17,20). The predicted octanol–water partition coefficient (Wildman–Crippen LogP) is 1.36. The third-order valence-electron chi connectivity index (χ3n) is 2.69. The first-order chi connectivity index (χ1) is 9.74. The summed E-state index contributed by atoms with van der Waals surface area (Å²) < 4.78 is 4.54. The first-order valence-electron chi connectivity index (χ1n) is 6.64. The first kappa shape index (κ1) is 17.0. The molecular weight excluding hydrogens is 272 g/mol. The van der Waals surface area contributed by atoms with Gasteiger partial charge in [-0.1, -0.05) is 30.3 Å². The molecule has 21 heavy (non-hydrogen) atoms. The van der Waals surface area contributed by atoms with Crippen LogP contribution in [0.5, 0.6) is 0 Å². The highest BCUT2D eigenvalue weighted by Crippen LogP contribution is 2.18. The van der Waals surface area contributed by atoms with Crippen LogP contribution >= 0.6 is 0 Å². The Morgan fingerprint density at radius 1 is 1.19 bits per heavy atom. The summed E-state index contributed by atoms with van der Waals surface area (Å²) in [6, 6.07) is 7.40. The second-order valence-corrected chi connectivity index (χ2v) is 5.70. The molecule has 2 amide bonds. The van der Waals surface area contributed by atoms with Crippen molar-refractivity contribution in [1.29, 1.82) is 0 Å². The van der Waals surface area contributed by atoms with Gasteiger partial charge in [0.2, 0.25) is 0 Å². The number of aliphatic hydroxyl groups excluding tert-OH is 1. The van der Waals surface area contributed by atoms with Crippen LogP contribution in [0.2, 0.25) is 0 Å². The minimum Gasteiger partial charge on any atom is -0.467 e.